The van der Waals surface area contributed by atoms with Crippen molar-refractivity contribution in [3.05, 3.63) is 46.5 Å². The van der Waals surface area contributed by atoms with E-state index in [9.17, 15) is 19.5 Å². The van der Waals surface area contributed by atoms with E-state index in [0.29, 0.717) is 16.3 Å². The van der Waals surface area contributed by atoms with E-state index < -0.39 is 24.2 Å². The number of aliphatic hydroxyl groups is 1. The van der Waals surface area contributed by atoms with Gasteiger partial charge in [-0.2, -0.15) is 0 Å². The molecule has 0 radical (unpaired) electrons. The molecule has 0 aliphatic carbocycles. The minimum atomic E-state index is -1.41. The maximum atomic E-state index is 11.8. The van der Waals surface area contributed by atoms with E-state index >= 15 is 0 Å². The maximum Gasteiger partial charge on any atom is 0.346 e. The van der Waals surface area contributed by atoms with Gasteiger partial charge in [-0.05, 0) is 18.2 Å². The fourth-order valence-electron chi connectivity index (χ4n) is 2.66. The van der Waals surface area contributed by atoms with Crippen LogP contribution in [0.2, 0.25) is 0 Å². The lowest BCUT2D eigenvalue weighted by molar-refractivity contribution is -0.0686. The largest absolute Gasteiger partial charge is 0.428 e. The summed E-state index contributed by atoms with van der Waals surface area (Å²) in [6, 6.07) is 5.77. The van der Waals surface area contributed by atoms with E-state index in [-0.39, 0.29) is 16.7 Å². The van der Waals surface area contributed by atoms with E-state index in [1.54, 1.807) is 0 Å². The third-order valence-corrected chi connectivity index (χ3v) is 3.52. The Bertz CT molecular complexity index is 815. The van der Waals surface area contributed by atoms with Crippen LogP contribution in [0.25, 0.3) is 10.8 Å². The van der Waals surface area contributed by atoms with Crippen molar-refractivity contribution in [2.45, 2.75) is 6.29 Å². The van der Waals surface area contributed by atoms with Crippen molar-refractivity contribution >= 4 is 28.7 Å². The molecule has 0 spiro atoms. The molecule has 2 aromatic rings. The van der Waals surface area contributed by atoms with Gasteiger partial charge in [0.15, 0.2) is 0 Å². The molecular formula is C14H6O6. The second kappa shape index (κ2) is 3.43. The summed E-state index contributed by atoms with van der Waals surface area (Å²) in [7, 11) is 0. The molecule has 2 aliphatic rings. The molecule has 0 aromatic heterocycles. The molecule has 2 aromatic carbocycles. The number of carbonyl (C=O) groups excluding carboxylic acids is 3. The van der Waals surface area contributed by atoms with Crippen LogP contribution in [0.4, 0.5) is 0 Å². The number of rotatable bonds is 0. The maximum absolute atomic E-state index is 11.8. The first-order valence-electron chi connectivity index (χ1n) is 5.83. The van der Waals surface area contributed by atoms with Crippen molar-refractivity contribution in [3.8, 4) is 0 Å². The van der Waals surface area contributed by atoms with Crippen LogP contribution in [0.15, 0.2) is 24.3 Å². The lowest BCUT2D eigenvalue weighted by Gasteiger charge is -2.25. The molecule has 2 aliphatic heterocycles. The Morgan fingerprint density at radius 1 is 0.800 bits per heavy atom. The molecule has 6 heteroatoms. The predicted molar refractivity (Wildman–Crippen MR) is 64.1 cm³/mol. The topological polar surface area (TPSA) is 89.9 Å². The van der Waals surface area contributed by atoms with Crippen LogP contribution in [-0.2, 0) is 9.47 Å². The molecule has 1 unspecified atom stereocenters. The molecule has 0 amide bonds. The Hall–Kier alpha value is -2.73. The average molecular weight is 270 g/mol. The second-order valence-corrected chi connectivity index (χ2v) is 4.55. The third kappa shape index (κ3) is 1.18. The molecule has 1 atom stereocenters. The van der Waals surface area contributed by atoms with Gasteiger partial charge in [0.1, 0.15) is 0 Å². The number of carbonyl (C=O) groups is 3. The van der Waals surface area contributed by atoms with Crippen LogP contribution in [-0.4, -0.2) is 23.0 Å². The van der Waals surface area contributed by atoms with Crippen molar-refractivity contribution in [2.75, 3.05) is 0 Å². The summed E-state index contributed by atoms with van der Waals surface area (Å²) < 4.78 is 9.43. The highest BCUT2D eigenvalue weighted by atomic mass is 16.6. The van der Waals surface area contributed by atoms with Crippen molar-refractivity contribution < 1.29 is 29.0 Å². The molecule has 0 saturated carbocycles. The summed E-state index contributed by atoms with van der Waals surface area (Å²) in [5, 5.41) is 10.5. The van der Waals surface area contributed by atoms with Crippen LogP contribution < -0.4 is 0 Å². The van der Waals surface area contributed by atoms with E-state index in [2.05, 4.69) is 4.74 Å². The van der Waals surface area contributed by atoms with Crippen LogP contribution >= 0.6 is 0 Å². The number of esters is 3. The molecule has 2 heterocycles. The summed E-state index contributed by atoms with van der Waals surface area (Å²) >= 11 is 0. The number of hydrogen-bond acceptors (Lipinski definition) is 6. The SMILES string of the molecule is O=C1OC(=O)c2ccc3c4c(ccc1c24)C(=O)OC3O. The molecule has 1 N–H and O–H groups in total. The summed E-state index contributed by atoms with van der Waals surface area (Å²) in [5.74, 6) is -2.22. The van der Waals surface area contributed by atoms with Gasteiger partial charge in [0.05, 0.1) is 16.7 Å². The zero-order valence-corrected chi connectivity index (χ0v) is 9.88. The predicted octanol–water partition coefficient (Wildman–Crippen LogP) is 1.31. The Balaban J connectivity index is 2.26. The van der Waals surface area contributed by atoms with Gasteiger partial charge >= 0.3 is 17.9 Å². The summed E-state index contributed by atoms with van der Waals surface area (Å²) in [4.78, 5) is 35.3. The highest BCUT2D eigenvalue weighted by Crippen LogP contribution is 2.39. The zero-order chi connectivity index (χ0) is 14.0. The zero-order valence-electron chi connectivity index (χ0n) is 9.88. The van der Waals surface area contributed by atoms with E-state index in [0.717, 1.165) is 0 Å². The number of hydrogen-bond donors (Lipinski definition) is 1. The molecule has 4 rings (SSSR count). The van der Waals surface area contributed by atoms with Crippen LogP contribution in [0.5, 0.6) is 0 Å². The third-order valence-electron chi connectivity index (χ3n) is 3.52. The van der Waals surface area contributed by atoms with Gasteiger partial charge < -0.3 is 14.6 Å². The van der Waals surface area contributed by atoms with Gasteiger partial charge in [-0.15, -0.1) is 0 Å². The number of benzene rings is 2. The fourth-order valence-corrected chi connectivity index (χ4v) is 2.66. The van der Waals surface area contributed by atoms with Gasteiger partial charge in [0.2, 0.25) is 6.29 Å². The Kier molecular flexibility index (Phi) is 1.91. The van der Waals surface area contributed by atoms with Crippen LogP contribution in [0.3, 0.4) is 0 Å². The van der Waals surface area contributed by atoms with E-state index in [1.165, 1.54) is 24.3 Å². The Labute approximate surface area is 111 Å². The molecule has 98 valence electrons. The fraction of sp³-hybridized carbons (Fsp3) is 0.0714. The second-order valence-electron chi connectivity index (χ2n) is 4.55. The smallest absolute Gasteiger partial charge is 0.346 e. The molecule has 0 bridgehead atoms. The minimum absolute atomic E-state index is 0.196. The molecule has 0 fully saturated rings. The average Bonchev–Trinajstić information content (AvgIpc) is 2.42. The van der Waals surface area contributed by atoms with Crippen molar-refractivity contribution in [3.63, 3.8) is 0 Å². The van der Waals surface area contributed by atoms with E-state index in [1.807, 2.05) is 0 Å². The van der Waals surface area contributed by atoms with Crippen LogP contribution in [0, 0.1) is 0 Å². The first-order chi connectivity index (χ1) is 9.58. The Morgan fingerprint density at radius 2 is 1.35 bits per heavy atom. The lowest BCUT2D eigenvalue weighted by Crippen LogP contribution is -2.24. The monoisotopic (exact) mass is 270 g/mol. The molecule has 0 saturated heterocycles. The van der Waals surface area contributed by atoms with Gasteiger partial charge in [-0.1, -0.05) is 6.07 Å². The minimum Gasteiger partial charge on any atom is -0.428 e. The summed E-state index contributed by atoms with van der Waals surface area (Å²) in [5.41, 5.74) is 0.959. The van der Waals surface area contributed by atoms with Crippen molar-refractivity contribution in [1.29, 1.82) is 0 Å². The van der Waals surface area contributed by atoms with Crippen LogP contribution in [0.1, 0.15) is 42.9 Å². The number of cyclic esters (lactones) is 3. The first-order valence-corrected chi connectivity index (χ1v) is 5.83. The molecule has 6 nitrogen and oxygen atoms in total. The van der Waals surface area contributed by atoms with E-state index in [4.69, 9.17) is 4.74 Å². The normalized spacial score (nSPS) is 19.9. The number of ether oxygens (including phenoxy) is 2. The van der Waals surface area contributed by atoms with Gasteiger partial charge in [-0.25, -0.2) is 14.4 Å². The van der Waals surface area contributed by atoms with Crippen molar-refractivity contribution in [1.82, 2.24) is 0 Å². The highest BCUT2D eigenvalue weighted by Gasteiger charge is 2.34. The lowest BCUT2D eigenvalue weighted by atomic mass is 9.89. The number of aliphatic hydroxyl groups excluding tert-OH is 1. The standard InChI is InChI=1S/C14H6O6/c15-11-5-1-2-6-10-8(14(18)20-12(6)16)4-3-7(9(5)10)13(17)19-11/h1-4,11,15H. The highest BCUT2D eigenvalue weighted by molar-refractivity contribution is 6.24. The van der Waals surface area contributed by atoms with Gasteiger partial charge in [0, 0.05) is 16.3 Å². The molecular weight excluding hydrogens is 264 g/mol. The first kappa shape index (κ1) is 11.1. The quantitative estimate of drug-likeness (QED) is 0.573. The van der Waals surface area contributed by atoms with Crippen molar-refractivity contribution in [2.24, 2.45) is 0 Å². The summed E-state index contributed by atoms with van der Waals surface area (Å²) in [6.07, 6.45) is -1.41. The van der Waals surface area contributed by atoms with Gasteiger partial charge in [0.25, 0.3) is 0 Å². The summed E-state index contributed by atoms with van der Waals surface area (Å²) in [6.45, 7) is 0. The van der Waals surface area contributed by atoms with Gasteiger partial charge in [-0.3, -0.25) is 0 Å². The molecule has 20 heavy (non-hydrogen) atoms. The Morgan fingerprint density at radius 3 is 2.00 bits per heavy atom.